The van der Waals surface area contributed by atoms with Crippen molar-refractivity contribution in [3.8, 4) is 5.75 Å². The number of aromatic nitrogens is 1. The molecule has 21 heavy (non-hydrogen) atoms. The Labute approximate surface area is 122 Å². The van der Waals surface area contributed by atoms with E-state index in [0.717, 1.165) is 11.3 Å². The van der Waals surface area contributed by atoms with Crippen LogP contribution in [0.25, 0.3) is 0 Å². The minimum absolute atomic E-state index is 0.164. The van der Waals surface area contributed by atoms with Gasteiger partial charge in [0.1, 0.15) is 5.75 Å². The summed E-state index contributed by atoms with van der Waals surface area (Å²) in [5.74, 6) is 0.00706. The summed E-state index contributed by atoms with van der Waals surface area (Å²) < 4.78 is 5.04. The highest BCUT2D eigenvalue weighted by atomic mass is 16.5. The summed E-state index contributed by atoms with van der Waals surface area (Å²) in [4.78, 5) is 27.3. The van der Waals surface area contributed by atoms with Crippen LogP contribution in [0.1, 0.15) is 15.9 Å². The molecule has 0 spiro atoms. The molecule has 0 saturated heterocycles. The minimum Gasteiger partial charge on any atom is -0.497 e. The highest BCUT2D eigenvalue weighted by Crippen LogP contribution is 2.11. The van der Waals surface area contributed by atoms with Crippen molar-refractivity contribution in [3.05, 3.63) is 59.9 Å². The number of pyridine rings is 1. The van der Waals surface area contributed by atoms with E-state index in [-0.39, 0.29) is 12.3 Å². The molecule has 2 rings (SSSR count). The van der Waals surface area contributed by atoms with Gasteiger partial charge in [-0.2, -0.15) is 0 Å². The zero-order valence-corrected chi connectivity index (χ0v) is 11.5. The van der Waals surface area contributed by atoms with E-state index in [9.17, 15) is 9.59 Å². The molecule has 0 atom stereocenters. The van der Waals surface area contributed by atoms with Gasteiger partial charge in [0, 0.05) is 12.4 Å². The van der Waals surface area contributed by atoms with Gasteiger partial charge in [-0.1, -0.05) is 12.1 Å². The van der Waals surface area contributed by atoms with Crippen LogP contribution in [-0.4, -0.2) is 23.9 Å². The van der Waals surface area contributed by atoms with Crippen molar-refractivity contribution >= 4 is 11.8 Å². The number of nitrogens with one attached hydrogen (secondary N) is 2. The van der Waals surface area contributed by atoms with Gasteiger partial charge in [0.25, 0.3) is 5.91 Å². The standard InChI is InChI=1S/C15H15N3O3/c1-21-13-6-4-11(5-7-13)9-14(19)17-18-15(20)12-3-2-8-16-10-12/h2-8,10H,9H2,1H3,(H,17,19)(H,18,20). The third-order valence-electron chi connectivity index (χ3n) is 2.76. The summed E-state index contributed by atoms with van der Waals surface area (Å²) in [6.45, 7) is 0. The highest BCUT2D eigenvalue weighted by molar-refractivity contribution is 5.95. The first-order valence-electron chi connectivity index (χ1n) is 6.31. The molecule has 0 bridgehead atoms. The molecule has 0 aliphatic carbocycles. The lowest BCUT2D eigenvalue weighted by Gasteiger charge is -2.07. The molecule has 0 fully saturated rings. The van der Waals surface area contributed by atoms with Gasteiger partial charge in [-0.05, 0) is 29.8 Å². The van der Waals surface area contributed by atoms with Crippen molar-refractivity contribution in [2.75, 3.05) is 7.11 Å². The van der Waals surface area contributed by atoms with Crippen molar-refractivity contribution in [3.63, 3.8) is 0 Å². The maximum atomic E-state index is 11.7. The van der Waals surface area contributed by atoms with Crippen molar-refractivity contribution in [1.29, 1.82) is 0 Å². The third-order valence-corrected chi connectivity index (χ3v) is 2.76. The third kappa shape index (κ3) is 4.31. The molecule has 6 nitrogen and oxygen atoms in total. The Balaban J connectivity index is 1.83. The number of methoxy groups -OCH3 is 1. The first kappa shape index (κ1) is 14.5. The fourth-order valence-corrected chi connectivity index (χ4v) is 1.67. The number of hydrogen-bond acceptors (Lipinski definition) is 4. The van der Waals surface area contributed by atoms with Crippen molar-refractivity contribution in [2.45, 2.75) is 6.42 Å². The lowest BCUT2D eigenvalue weighted by molar-refractivity contribution is -0.121. The Morgan fingerprint density at radius 1 is 1.14 bits per heavy atom. The van der Waals surface area contributed by atoms with E-state index >= 15 is 0 Å². The number of amides is 2. The maximum absolute atomic E-state index is 11.7. The van der Waals surface area contributed by atoms with E-state index in [1.54, 1.807) is 49.7 Å². The second-order valence-electron chi connectivity index (χ2n) is 4.27. The fraction of sp³-hybridized carbons (Fsp3) is 0.133. The van der Waals surface area contributed by atoms with Crippen molar-refractivity contribution in [2.24, 2.45) is 0 Å². The quantitative estimate of drug-likeness (QED) is 0.824. The van der Waals surface area contributed by atoms with Crippen LogP contribution in [0.4, 0.5) is 0 Å². The molecule has 0 unspecified atom stereocenters. The van der Waals surface area contributed by atoms with Crippen LogP contribution in [0.15, 0.2) is 48.8 Å². The molecule has 1 aromatic heterocycles. The highest BCUT2D eigenvalue weighted by Gasteiger charge is 2.07. The van der Waals surface area contributed by atoms with Crippen molar-refractivity contribution in [1.82, 2.24) is 15.8 Å². The van der Waals surface area contributed by atoms with E-state index in [1.165, 1.54) is 6.20 Å². The Kier molecular flexibility index (Phi) is 4.87. The van der Waals surface area contributed by atoms with Gasteiger partial charge >= 0.3 is 0 Å². The van der Waals surface area contributed by atoms with Gasteiger partial charge < -0.3 is 4.74 Å². The Hall–Kier alpha value is -2.89. The topological polar surface area (TPSA) is 80.3 Å². The second kappa shape index (κ2) is 7.04. The minimum atomic E-state index is -0.411. The molecule has 2 aromatic rings. The monoisotopic (exact) mass is 285 g/mol. The second-order valence-corrected chi connectivity index (χ2v) is 4.27. The smallest absolute Gasteiger partial charge is 0.271 e. The van der Waals surface area contributed by atoms with Crippen molar-refractivity contribution < 1.29 is 14.3 Å². The van der Waals surface area contributed by atoms with Gasteiger partial charge in [-0.25, -0.2) is 0 Å². The Morgan fingerprint density at radius 3 is 2.52 bits per heavy atom. The summed E-state index contributed by atoms with van der Waals surface area (Å²) in [6.07, 6.45) is 3.15. The molecule has 108 valence electrons. The molecule has 0 radical (unpaired) electrons. The van der Waals surface area contributed by atoms with Crippen LogP contribution >= 0.6 is 0 Å². The molecule has 2 N–H and O–H groups in total. The number of hydrazine groups is 1. The number of hydrogen-bond donors (Lipinski definition) is 2. The molecule has 1 heterocycles. The van der Waals surface area contributed by atoms with Gasteiger partial charge in [-0.3, -0.25) is 25.4 Å². The Morgan fingerprint density at radius 2 is 1.90 bits per heavy atom. The van der Waals surface area contributed by atoms with Crippen LogP contribution in [0.5, 0.6) is 5.75 Å². The lowest BCUT2D eigenvalue weighted by atomic mass is 10.1. The molecule has 6 heteroatoms. The molecular weight excluding hydrogens is 270 g/mol. The van der Waals surface area contributed by atoms with E-state index in [4.69, 9.17) is 4.74 Å². The Bertz CT molecular complexity index is 612. The number of ether oxygens (including phenoxy) is 1. The van der Waals surface area contributed by atoms with Crippen LogP contribution in [0.3, 0.4) is 0 Å². The summed E-state index contributed by atoms with van der Waals surface area (Å²) in [5, 5.41) is 0. The number of nitrogens with zero attached hydrogens (tertiary/aromatic N) is 1. The van der Waals surface area contributed by atoms with E-state index in [1.807, 2.05) is 0 Å². The van der Waals surface area contributed by atoms with Gasteiger partial charge in [0.2, 0.25) is 5.91 Å². The zero-order valence-electron chi connectivity index (χ0n) is 11.5. The van der Waals surface area contributed by atoms with Gasteiger partial charge in [0.05, 0.1) is 19.1 Å². The molecular formula is C15H15N3O3. The van der Waals surface area contributed by atoms with Gasteiger partial charge in [-0.15, -0.1) is 0 Å². The fourth-order valence-electron chi connectivity index (χ4n) is 1.67. The maximum Gasteiger partial charge on any atom is 0.271 e. The summed E-state index contributed by atoms with van der Waals surface area (Å²) in [6, 6.07) is 10.4. The average molecular weight is 285 g/mol. The number of benzene rings is 1. The summed E-state index contributed by atoms with van der Waals surface area (Å²) in [5.41, 5.74) is 5.90. The van der Waals surface area contributed by atoms with Crippen LogP contribution < -0.4 is 15.6 Å². The van der Waals surface area contributed by atoms with Gasteiger partial charge in [0.15, 0.2) is 0 Å². The average Bonchev–Trinajstić information content (AvgIpc) is 2.54. The normalized spacial score (nSPS) is 9.76. The SMILES string of the molecule is COc1ccc(CC(=O)NNC(=O)c2cccnc2)cc1. The first-order chi connectivity index (χ1) is 10.2. The number of carbonyl (C=O) groups is 2. The van der Waals surface area contributed by atoms with Crippen LogP contribution in [0, 0.1) is 0 Å². The molecule has 0 saturated carbocycles. The number of rotatable bonds is 4. The number of carbonyl (C=O) groups excluding carboxylic acids is 2. The zero-order chi connectivity index (χ0) is 15.1. The van der Waals surface area contributed by atoms with E-state index < -0.39 is 5.91 Å². The lowest BCUT2D eigenvalue weighted by Crippen LogP contribution is -2.42. The molecule has 0 aliphatic rings. The predicted octanol–water partition coefficient (Wildman–Crippen LogP) is 1.09. The predicted molar refractivity (Wildman–Crippen MR) is 76.5 cm³/mol. The van der Waals surface area contributed by atoms with E-state index in [2.05, 4.69) is 15.8 Å². The molecule has 2 amide bonds. The summed E-state index contributed by atoms with van der Waals surface area (Å²) in [7, 11) is 1.58. The van der Waals surface area contributed by atoms with E-state index in [0.29, 0.717) is 5.56 Å². The molecule has 0 aliphatic heterocycles. The summed E-state index contributed by atoms with van der Waals surface area (Å²) >= 11 is 0. The largest absolute Gasteiger partial charge is 0.497 e. The first-order valence-corrected chi connectivity index (χ1v) is 6.31. The van der Waals surface area contributed by atoms with Crippen LogP contribution in [0.2, 0.25) is 0 Å². The van der Waals surface area contributed by atoms with Crippen LogP contribution in [-0.2, 0) is 11.2 Å². The molecule has 1 aromatic carbocycles.